The van der Waals surface area contributed by atoms with Gasteiger partial charge in [0.05, 0.1) is 4.90 Å². The molecule has 0 fully saturated rings. The molecular weight excluding hydrogens is 385 g/mol. The summed E-state index contributed by atoms with van der Waals surface area (Å²) >= 11 is 0. The summed E-state index contributed by atoms with van der Waals surface area (Å²) in [6.45, 7) is 0.0514. The van der Waals surface area contributed by atoms with Crippen LogP contribution in [0.4, 0.5) is 13.2 Å². The molecule has 27 heavy (non-hydrogen) atoms. The van der Waals surface area contributed by atoms with Crippen LogP contribution in [0.3, 0.4) is 0 Å². The van der Waals surface area contributed by atoms with E-state index in [0.29, 0.717) is 5.56 Å². The van der Waals surface area contributed by atoms with Crippen LogP contribution in [0.1, 0.15) is 15.9 Å². The fraction of sp³-hybridized carbons (Fsp3) is 0.235. The summed E-state index contributed by atoms with van der Waals surface area (Å²) in [4.78, 5) is 12.2. The summed E-state index contributed by atoms with van der Waals surface area (Å²) in [5, 5.41) is 2.58. The van der Waals surface area contributed by atoms with Gasteiger partial charge in [0.25, 0.3) is 5.91 Å². The maximum atomic E-state index is 12.2. The fourth-order valence-corrected chi connectivity index (χ4v) is 3.05. The van der Waals surface area contributed by atoms with Crippen molar-refractivity contribution in [1.82, 2.24) is 9.62 Å². The van der Waals surface area contributed by atoms with Gasteiger partial charge < -0.3 is 10.1 Å². The topological polar surface area (TPSA) is 75.7 Å². The lowest BCUT2D eigenvalue weighted by Gasteiger charge is -2.12. The van der Waals surface area contributed by atoms with Crippen molar-refractivity contribution in [3.05, 3.63) is 59.7 Å². The standard InChI is InChI=1S/C17H17F3N2O4S/c1-22(2)27(24,25)15-5-3-4-13(10-15)16(23)21-11-12-6-8-14(9-7-12)26-17(18,19)20/h3-10H,11H2,1-2H3,(H,21,23). The average molecular weight is 402 g/mol. The number of rotatable bonds is 6. The fourth-order valence-electron chi connectivity index (χ4n) is 2.10. The molecule has 1 N–H and O–H groups in total. The smallest absolute Gasteiger partial charge is 0.406 e. The summed E-state index contributed by atoms with van der Waals surface area (Å²) in [6.07, 6.45) is -4.77. The summed E-state index contributed by atoms with van der Waals surface area (Å²) < 4.78 is 65.4. The molecule has 6 nitrogen and oxygen atoms in total. The number of halogens is 3. The molecule has 0 aliphatic carbocycles. The number of nitrogens with zero attached hydrogens (tertiary/aromatic N) is 1. The second-order valence-electron chi connectivity index (χ2n) is 5.69. The summed E-state index contributed by atoms with van der Waals surface area (Å²) in [6, 6.07) is 10.6. The molecule has 0 atom stereocenters. The summed E-state index contributed by atoms with van der Waals surface area (Å²) in [5.74, 6) is -0.874. The van der Waals surface area contributed by atoms with Gasteiger partial charge in [-0.25, -0.2) is 12.7 Å². The molecule has 10 heteroatoms. The van der Waals surface area contributed by atoms with Crippen LogP contribution in [0.25, 0.3) is 0 Å². The number of alkyl halides is 3. The van der Waals surface area contributed by atoms with Crippen LogP contribution < -0.4 is 10.1 Å². The molecule has 0 spiro atoms. The number of hydrogen-bond donors (Lipinski definition) is 1. The molecular formula is C17H17F3N2O4S. The third-order valence-corrected chi connectivity index (χ3v) is 5.30. The largest absolute Gasteiger partial charge is 0.573 e. The Hall–Kier alpha value is -2.59. The van der Waals surface area contributed by atoms with E-state index < -0.39 is 22.3 Å². The quantitative estimate of drug-likeness (QED) is 0.806. The van der Waals surface area contributed by atoms with E-state index in [9.17, 15) is 26.4 Å². The van der Waals surface area contributed by atoms with Crippen molar-refractivity contribution in [1.29, 1.82) is 0 Å². The van der Waals surface area contributed by atoms with Crippen molar-refractivity contribution in [3.63, 3.8) is 0 Å². The van der Waals surface area contributed by atoms with Crippen LogP contribution >= 0.6 is 0 Å². The first-order valence-electron chi connectivity index (χ1n) is 7.64. The molecule has 0 saturated carbocycles. The Labute approximate surface area is 154 Å². The van der Waals surface area contributed by atoms with Crippen molar-refractivity contribution in [2.24, 2.45) is 0 Å². The zero-order valence-corrected chi connectivity index (χ0v) is 15.3. The van der Waals surface area contributed by atoms with Crippen LogP contribution in [0.2, 0.25) is 0 Å². The van der Waals surface area contributed by atoms with Gasteiger partial charge in [0, 0.05) is 26.2 Å². The maximum Gasteiger partial charge on any atom is 0.573 e. The van der Waals surface area contributed by atoms with E-state index in [2.05, 4.69) is 10.1 Å². The number of benzene rings is 2. The van der Waals surface area contributed by atoms with E-state index >= 15 is 0 Å². The highest BCUT2D eigenvalue weighted by molar-refractivity contribution is 7.89. The van der Waals surface area contributed by atoms with Crippen LogP contribution in [-0.4, -0.2) is 39.1 Å². The van der Waals surface area contributed by atoms with E-state index in [4.69, 9.17) is 0 Å². The van der Waals surface area contributed by atoms with E-state index in [-0.39, 0.29) is 22.8 Å². The normalized spacial score (nSPS) is 12.1. The molecule has 0 saturated heterocycles. The second-order valence-corrected chi connectivity index (χ2v) is 7.84. The molecule has 0 aliphatic heterocycles. The second kappa shape index (κ2) is 7.97. The van der Waals surface area contributed by atoms with Gasteiger partial charge in [0.15, 0.2) is 0 Å². The number of amides is 1. The third kappa shape index (κ3) is 5.69. The predicted molar refractivity (Wildman–Crippen MR) is 91.6 cm³/mol. The van der Waals surface area contributed by atoms with Crippen molar-refractivity contribution in [3.8, 4) is 5.75 Å². The highest BCUT2D eigenvalue weighted by atomic mass is 32.2. The number of nitrogens with one attached hydrogen (secondary N) is 1. The minimum Gasteiger partial charge on any atom is -0.406 e. The average Bonchev–Trinajstić information content (AvgIpc) is 2.59. The van der Waals surface area contributed by atoms with E-state index in [1.807, 2.05) is 0 Å². The number of hydrogen-bond acceptors (Lipinski definition) is 4. The Morgan fingerprint density at radius 2 is 1.74 bits per heavy atom. The van der Waals surface area contributed by atoms with Crippen LogP contribution in [0.5, 0.6) is 5.75 Å². The molecule has 0 bridgehead atoms. The highest BCUT2D eigenvalue weighted by Gasteiger charge is 2.30. The number of sulfonamides is 1. The number of carbonyl (C=O) groups is 1. The zero-order chi connectivity index (χ0) is 20.2. The maximum absolute atomic E-state index is 12.2. The first-order valence-corrected chi connectivity index (χ1v) is 9.08. The SMILES string of the molecule is CN(C)S(=O)(=O)c1cccc(C(=O)NCc2ccc(OC(F)(F)F)cc2)c1. The van der Waals surface area contributed by atoms with Gasteiger partial charge in [0.1, 0.15) is 5.75 Å². The molecule has 2 rings (SSSR count). The molecule has 0 aromatic heterocycles. The van der Waals surface area contributed by atoms with E-state index in [1.165, 1.54) is 50.5 Å². The Morgan fingerprint density at radius 3 is 2.30 bits per heavy atom. The lowest BCUT2D eigenvalue weighted by molar-refractivity contribution is -0.274. The summed E-state index contributed by atoms with van der Waals surface area (Å²) in [7, 11) is -0.906. The van der Waals surface area contributed by atoms with Crippen LogP contribution in [-0.2, 0) is 16.6 Å². The molecule has 2 aromatic carbocycles. The van der Waals surface area contributed by atoms with Crippen molar-refractivity contribution >= 4 is 15.9 Å². The Balaban J connectivity index is 2.04. The highest BCUT2D eigenvalue weighted by Crippen LogP contribution is 2.22. The minimum atomic E-state index is -4.77. The summed E-state index contributed by atoms with van der Waals surface area (Å²) in [5.41, 5.74) is 0.699. The molecule has 0 aliphatic rings. The van der Waals surface area contributed by atoms with Gasteiger partial charge in [-0.3, -0.25) is 4.79 Å². The van der Waals surface area contributed by atoms with Crippen LogP contribution in [0, 0.1) is 0 Å². The molecule has 2 aromatic rings. The van der Waals surface area contributed by atoms with Gasteiger partial charge in [0.2, 0.25) is 10.0 Å². The van der Waals surface area contributed by atoms with Crippen molar-refractivity contribution in [2.75, 3.05) is 14.1 Å². The third-order valence-electron chi connectivity index (χ3n) is 3.48. The van der Waals surface area contributed by atoms with Gasteiger partial charge >= 0.3 is 6.36 Å². The molecule has 0 heterocycles. The van der Waals surface area contributed by atoms with Crippen LogP contribution in [0.15, 0.2) is 53.4 Å². The van der Waals surface area contributed by atoms with Gasteiger partial charge in [-0.05, 0) is 35.9 Å². The Kier molecular flexibility index (Phi) is 6.11. The minimum absolute atomic E-state index is 0.0196. The first kappa shape index (κ1) is 20.7. The van der Waals surface area contributed by atoms with Gasteiger partial charge in [-0.15, -0.1) is 13.2 Å². The lowest BCUT2D eigenvalue weighted by Crippen LogP contribution is -2.25. The van der Waals surface area contributed by atoms with Gasteiger partial charge in [-0.2, -0.15) is 0 Å². The van der Waals surface area contributed by atoms with E-state index in [0.717, 1.165) is 16.4 Å². The van der Waals surface area contributed by atoms with Crippen molar-refractivity contribution < 1.29 is 31.1 Å². The zero-order valence-electron chi connectivity index (χ0n) is 14.4. The first-order chi connectivity index (χ1) is 12.5. The number of carbonyl (C=O) groups excluding carboxylic acids is 1. The molecule has 146 valence electrons. The monoisotopic (exact) mass is 402 g/mol. The molecule has 1 amide bonds. The lowest BCUT2D eigenvalue weighted by atomic mass is 10.2. The predicted octanol–water partition coefficient (Wildman–Crippen LogP) is 2.77. The van der Waals surface area contributed by atoms with Gasteiger partial charge in [-0.1, -0.05) is 18.2 Å². The Bertz CT molecular complexity index is 911. The van der Waals surface area contributed by atoms with E-state index in [1.54, 1.807) is 0 Å². The van der Waals surface area contributed by atoms with Crippen molar-refractivity contribution in [2.45, 2.75) is 17.8 Å². The molecule has 0 unspecified atom stereocenters. The molecule has 0 radical (unpaired) electrons. The Morgan fingerprint density at radius 1 is 1.11 bits per heavy atom. The number of ether oxygens (including phenoxy) is 1.